The van der Waals surface area contributed by atoms with Gasteiger partial charge in [0.15, 0.2) is 13.2 Å². The van der Waals surface area contributed by atoms with E-state index in [2.05, 4.69) is 36.7 Å². The number of benzene rings is 1. The van der Waals surface area contributed by atoms with Gasteiger partial charge < -0.3 is 20.1 Å². The van der Waals surface area contributed by atoms with Crippen molar-refractivity contribution in [2.75, 3.05) is 23.8 Å². The smallest absolute Gasteiger partial charge is 0.422 e. The van der Waals surface area contributed by atoms with E-state index in [9.17, 15) is 26.3 Å². The third-order valence-corrected chi connectivity index (χ3v) is 3.06. The van der Waals surface area contributed by atoms with Crippen LogP contribution in [0.3, 0.4) is 0 Å². The molecule has 2 aromatic rings. The van der Waals surface area contributed by atoms with Crippen molar-refractivity contribution < 1.29 is 35.8 Å². The Labute approximate surface area is 161 Å². The molecule has 158 valence electrons. The first-order chi connectivity index (χ1) is 13.4. The van der Waals surface area contributed by atoms with Crippen molar-refractivity contribution in [1.82, 2.24) is 9.97 Å². The third kappa shape index (κ3) is 8.58. The summed E-state index contributed by atoms with van der Waals surface area (Å²) in [5, 5.41) is 5.37. The molecular weight excluding hydrogens is 406 g/mol. The van der Waals surface area contributed by atoms with Gasteiger partial charge >= 0.3 is 12.4 Å². The van der Waals surface area contributed by atoms with Crippen LogP contribution in [0, 0.1) is 6.92 Å². The van der Waals surface area contributed by atoms with Gasteiger partial charge in [0.2, 0.25) is 17.7 Å². The van der Waals surface area contributed by atoms with Crippen LogP contribution in [-0.2, 0) is 0 Å². The number of nitrogens with zero attached hydrogens (tertiary/aromatic N) is 2. The molecule has 1 heterocycles. The predicted molar refractivity (Wildman–Crippen MR) is 92.7 cm³/mol. The molecule has 1 aromatic heterocycles. The summed E-state index contributed by atoms with van der Waals surface area (Å²) in [5.74, 6) is -1.50. The lowest BCUT2D eigenvalue weighted by atomic mass is 10.2. The first-order valence-corrected chi connectivity index (χ1v) is 7.97. The number of hydrogen-bond donors (Lipinski definition) is 2. The van der Waals surface area contributed by atoms with Crippen LogP contribution in [0.15, 0.2) is 42.7 Å². The monoisotopic (exact) mass is 422 g/mol. The van der Waals surface area contributed by atoms with Crippen molar-refractivity contribution in [3.63, 3.8) is 0 Å². The molecule has 0 bridgehead atoms. The maximum Gasteiger partial charge on any atom is 0.422 e. The Bertz CT molecular complexity index is 801. The number of anilines is 2. The minimum atomic E-state index is -4.66. The first-order valence-electron chi connectivity index (χ1n) is 7.97. The molecule has 12 heteroatoms. The van der Waals surface area contributed by atoms with E-state index in [4.69, 9.17) is 0 Å². The molecule has 0 saturated carbocycles. The molecule has 0 aliphatic rings. The highest BCUT2D eigenvalue weighted by molar-refractivity contribution is 5.52. The maximum absolute atomic E-state index is 12.3. The summed E-state index contributed by atoms with van der Waals surface area (Å²) in [7, 11) is 0. The highest BCUT2D eigenvalue weighted by atomic mass is 19.4. The summed E-state index contributed by atoms with van der Waals surface area (Å²) in [4.78, 5) is 7.34. The SMILES string of the molecule is C=C(Nc1ccc(C)cc1)Nc1nc(OCC(F)(F)F)cc(OCC(F)(F)F)n1. The lowest BCUT2D eigenvalue weighted by Crippen LogP contribution is -2.21. The van der Waals surface area contributed by atoms with Gasteiger partial charge in [-0.25, -0.2) is 0 Å². The van der Waals surface area contributed by atoms with E-state index in [1.165, 1.54) is 0 Å². The van der Waals surface area contributed by atoms with E-state index in [1.807, 2.05) is 19.1 Å². The van der Waals surface area contributed by atoms with Gasteiger partial charge in [-0.15, -0.1) is 0 Å². The molecule has 1 aromatic carbocycles. The van der Waals surface area contributed by atoms with Crippen molar-refractivity contribution in [1.29, 1.82) is 0 Å². The lowest BCUT2D eigenvalue weighted by Gasteiger charge is -2.15. The Balaban J connectivity index is 2.14. The second-order valence-corrected chi connectivity index (χ2v) is 5.77. The average molecular weight is 422 g/mol. The van der Waals surface area contributed by atoms with Crippen LogP contribution in [0.4, 0.5) is 38.0 Å². The lowest BCUT2D eigenvalue weighted by molar-refractivity contribution is -0.154. The van der Waals surface area contributed by atoms with Crippen LogP contribution in [0.2, 0.25) is 0 Å². The molecule has 0 radical (unpaired) electrons. The number of aromatic nitrogens is 2. The molecule has 0 aliphatic heterocycles. The molecule has 0 unspecified atom stereocenters. The molecule has 0 saturated heterocycles. The number of aryl methyl sites for hydroxylation is 1. The van der Waals surface area contributed by atoms with Gasteiger partial charge in [0.05, 0.1) is 6.07 Å². The van der Waals surface area contributed by atoms with Crippen molar-refractivity contribution in [3.8, 4) is 11.8 Å². The fourth-order valence-corrected chi connectivity index (χ4v) is 1.90. The number of rotatable bonds is 8. The van der Waals surface area contributed by atoms with Crippen LogP contribution in [-0.4, -0.2) is 35.5 Å². The van der Waals surface area contributed by atoms with E-state index < -0.39 is 37.3 Å². The van der Waals surface area contributed by atoms with E-state index >= 15 is 0 Å². The molecule has 0 spiro atoms. The Hall–Kier alpha value is -3.18. The summed E-state index contributed by atoms with van der Waals surface area (Å²) < 4.78 is 83.0. The quantitative estimate of drug-likeness (QED) is 0.603. The zero-order valence-corrected chi connectivity index (χ0v) is 15.0. The van der Waals surface area contributed by atoms with Gasteiger partial charge in [-0.05, 0) is 19.1 Å². The second-order valence-electron chi connectivity index (χ2n) is 5.77. The van der Waals surface area contributed by atoms with Crippen molar-refractivity contribution in [3.05, 3.63) is 48.3 Å². The standard InChI is InChI=1S/C17H16F6N4O2/c1-10-3-5-12(6-4-10)24-11(2)25-15-26-13(28-8-16(18,19)20)7-14(27-15)29-9-17(21,22)23/h3-7,24H,2,8-9H2,1H3,(H,25,26,27). The van der Waals surface area contributed by atoms with Crippen molar-refractivity contribution in [2.45, 2.75) is 19.3 Å². The topological polar surface area (TPSA) is 68.3 Å². The van der Waals surface area contributed by atoms with Gasteiger partial charge in [-0.2, -0.15) is 36.3 Å². The van der Waals surface area contributed by atoms with Crippen LogP contribution < -0.4 is 20.1 Å². The molecular formula is C17H16F6N4O2. The zero-order chi connectivity index (χ0) is 21.7. The Morgan fingerprint density at radius 3 is 1.83 bits per heavy atom. The molecule has 0 amide bonds. The van der Waals surface area contributed by atoms with Gasteiger partial charge in [-0.3, -0.25) is 0 Å². The van der Waals surface area contributed by atoms with Crippen molar-refractivity contribution >= 4 is 11.6 Å². The number of ether oxygens (including phenoxy) is 2. The number of halogens is 6. The highest BCUT2D eigenvalue weighted by Crippen LogP contribution is 2.24. The molecule has 0 atom stereocenters. The third-order valence-electron chi connectivity index (χ3n) is 3.06. The normalized spacial score (nSPS) is 11.7. The Morgan fingerprint density at radius 1 is 0.897 bits per heavy atom. The van der Waals surface area contributed by atoms with Gasteiger partial charge in [0.1, 0.15) is 5.82 Å². The Morgan fingerprint density at radius 2 is 1.38 bits per heavy atom. The first kappa shape index (κ1) is 22.1. The van der Waals surface area contributed by atoms with Crippen LogP contribution in [0.25, 0.3) is 0 Å². The fourth-order valence-electron chi connectivity index (χ4n) is 1.90. The summed E-state index contributed by atoms with van der Waals surface area (Å²) in [6.07, 6.45) is -9.33. The molecule has 2 N–H and O–H groups in total. The molecule has 0 fully saturated rings. The predicted octanol–water partition coefficient (Wildman–Crippen LogP) is 4.66. The number of nitrogens with one attached hydrogen (secondary N) is 2. The van der Waals surface area contributed by atoms with Gasteiger partial charge in [0.25, 0.3) is 0 Å². The minimum absolute atomic E-state index is 0.114. The Kier molecular flexibility index (Phi) is 6.77. The van der Waals surface area contributed by atoms with Gasteiger partial charge in [-0.1, -0.05) is 24.3 Å². The fraction of sp³-hybridized carbons (Fsp3) is 0.294. The van der Waals surface area contributed by atoms with E-state index in [-0.39, 0.29) is 11.8 Å². The number of hydrogen-bond acceptors (Lipinski definition) is 6. The van der Waals surface area contributed by atoms with E-state index in [1.54, 1.807) is 12.1 Å². The zero-order valence-electron chi connectivity index (χ0n) is 15.0. The van der Waals surface area contributed by atoms with Crippen LogP contribution >= 0.6 is 0 Å². The summed E-state index contributed by atoms with van der Waals surface area (Å²) >= 11 is 0. The van der Waals surface area contributed by atoms with E-state index in [0.717, 1.165) is 11.6 Å². The highest BCUT2D eigenvalue weighted by Gasteiger charge is 2.30. The molecule has 29 heavy (non-hydrogen) atoms. The summed E-state index contributed by atoms with van der Waals surface area (Å²) in [6, 6.07) is 7.84. The minimum Gasteiger partial charge on any atom is -0.468 e. The van der Waals surface area contributed by atoms with Crippen LogP contribution in [0.1, 0.15) is 5.56 Å². The summed E-state index contributed by atoms with van der Waals surface area (Å²) in [5.41, 5.74) is 1.64. The molecule has 6 nitrogen and oxygen atoms in total. The number of alkyl halides is 6. The largest absolute Gasteiger partial charge is 0.468 e. The molecule has 2 rings (SSSR count). The average Bonchev–Trinajstić information content (AvgIpc) is 2.59. The molecule has 0 aliphatic carbocycles. The maximum atomic E-state index is 12.3. The van der Waals surface area contributed by atoms with Crippen molar-refractivity contribution in [2.24, 2.45) is 0 Å². The summed E-state index contributed by atoms with van der Waals surface area (Å²) in [6.45, 7) is 2.16. The second kappa shape index (κ2) is 8.88. The van der Waals surface area contributed by atoms with Crippen LogP contribution in [0.5, 0.6) is 11.8 Å². The van der Waals surface area contributed by atoms with E-state index in [0.29, 0.717) is 5.69 Å². The van der Waals surface area contributed by atoms with Gasteiger partial charge in [0, 0.05) is 5.69 Å².